The number of rotatable bonds is 5. The Morgan fingerprint density at radius 3 is 2.47 bits per heavy atom. The molecule has 1 aliphatic heterocycles. The van der Waals surface area contributed by atoms with Crippen molar-refractivity contribution in [1.29, 1.82) is 0 Å². The van der Waals surface area contributed by atoms with Crippen molar-refractivity contribution in [3.63, 3.8) is 0 Å². The van der Waals surface area contributed by atoms with Gasteiger partial charge in [0.1, 0.15) is 17.2 Å². The van der Waals surface area contributed by atoms with E-state index in [1.807, 2.05) is 37.3 Å². The number of hydrogen-bond donors (Lipinski definition) is 2. The zero-order valence-electron chi connectivity index (χ0n) is 19.5. The molecule has 176 valence electrons. The number of hydrogen-bond acceptors (Lipinski definition) is 5. The van der Waals surface area contributed by atoms with Gasteiger partial charge in [0.15, 0.2) is 0 Å². The maximum Gasteiger partial charge on any atom is 0.262 e. The van der Waals surface area contributed by atoms with Crippen LogP contribution in [0.2, 0.25) is 0 Å². The molecular weight excluding hydrogens is 432 g/mol. The summed E-state index contributed by atoms with van der Waals surface area (Å²) in [6.45, 7) is 2.42. The predicted molar refractivity (Wildman–Crippen MR) is 130 cm³/mol. The maximum atomic E-state index is 13.3. The van der Waals surface area contributed by atoms with Crippen LogP contribution in [-0.4, -0.2) is 47.1 Å². The zero-order valence-corrected chi connectivity index (χ0v) is 19.5. The topological polar surface area (TPSA) is 90.3 Å². The van der Waals surface area contributed by atoms with Crippen molar-refractivity contribution < 1.29 is 24.5 Å². The quantitative estimate of drug-likeness (QED) is 0.591. The lowest BCUT2D eigenvalue weighted by atomic mass is 9.93. The van der Waals surface area contributed by atoms with Gasteiger partial charge in [-0.15, -0.1) is 0 Å². The lowest BCUT2D eigenvalue weighted by molar-refractivity contribution is 0.0785. The molecule has 4 rings (SSSR count). The van der Waals surface area contributed by atoms with Gasteiger partial charge in [0.25, 0.3) is 11.8 Å². The molecule has 0 bridgehead atoms. The van der Waals surface area contributed by atoms with Crippen LogP contribution < -0.4 is 9.64 Å². The second-order valence-electron chi connectivity index (χ2n) is 8.62. The van der Waals surface area contributed by atoms with E-state index in [-0.39, 0.29) is 34.9 Å². The Bertz CT molecular complexity index is 1220. The Labute approximate surface area is 198 Å². The molecule has 0 spiro atoms. The Kier molecular flexibility index (Phi) is 6.45. The second kappa shape index (κ2) is 9.47. The monoisotopic (exact) mass is 460 g/mol. The van der Waals surface area contributed by atoms with E-state index in [2.05, 4.69) is 0 Å². The smallest absolute Gasteiger partial charge is 0.262 e. The Hall–Kier alpha value is -4.00. The lowest BCUT2D eigenvalue weighted by Gasteiger charge is -2.36. The highest BCUT2D eigenvalue weighted by Crippen LogP contribution is 2.35. The van der Waals surface area contributed by atoms with Gasteiger partial charge in [-0.05, 0) is 73.4 Å². The number of ether oxygens (including phenoxy) is 1. The van der Waals surface area contributed by atoms with E-state index < -0.39 is 0 Å². The molecule has 0 unspecified atom stereocenters. The summed E-state index contributed by atoms with van der Waals surface area (Å²) in [5.41, 5.74) is 3.31. The molecule has 2 amide bonds. The minimum Gasteiger partial charge on any atom is -0.508 e. The van der Waals surface area contributed by atoms with E-state index in [0.717, 1.165) is 41.5 Å². The summed E-state index contributed by atoms with van der Waals surface area (Å²) in [5.74, 6) is -0.0614. The van der Waals surface area contributed by atoms with E-state index >= 15 is 0 Å². The van der Waals surface area contributed by atoms with Crippen molar-refractivity contribution in [1.82, 2.24) is 4.90 Å². The summed E-state index contributed by atoms with van der Waals surface area (Å²) in [6.07, 6.45) is 1.47. The largest absolute Gasteiger partial charge is 0.508 e. The minimum absolute atomic E-state index is 0.0764. The summed E-state index contributed by atoms with van der Waals surface area (Å²) in [5, 5.41) is 19.7. The van der Waals surface area contributed by atoms with Crippen LogP contribution in [0, 0.1) is 0 Å². The fraction of sp³-hybridized carbons (Fsp3) is 0.259. The average molecular weight is 461 g/mol. The highest BCUT2D eigenvalue weighted by molar-refractivity contribution is 6.09. The number of methoxy groups -OCH3 is 1. The number of carbonyl (C=O) groups excluding carboxylic acids is 2. The summed E-state index contributed by atoms with van der Waals surface area (Å²) in [7, 11) is 3.38. The van der Waals surface area contributed by atoms with Crippen LogP contribution >= 0.6 is 0 Å². The molecule has 0 fully saturated rings. The van der Waals surface area contributed by atoms with Crippen LogP contribution in [0.4, 0.5) is 5.69 Å². The molecule has 0 aromatic heterocycles. The van der Waals surface area contributed by atoms with Crippen LogP contribution in [0.3, 0.4) is 0 Å². The molecule has 34 heavy (non-hydrogen) atoms. The summed E-state index contributed by atoms with van der Waals surface area (Å²) in [6, 6.07) is 16.9. The highest BCUT2D eigenvalue weighted by Gasteiger charge is 2.31. The first kappa shape index (κ1) is 23.2. The van der Waals surface area contributed by atoms with Gasteiger partial charge >= 0.3 is 0 Å². The van der Waals surface area contributed by atoms with Gasteiger partial charge < -0.3 is 24.7 Å². The number of phenols is 2. The molecule has 1 heterocycles. The molecule has 3 aromatic carbocycles. The first-order chi connectivity index (χ1) is 16.3. The molecule has 0 aliphatic carbocycles. The number of aryl methyl sites for hydroxylation is 1. The number of aromatic hydroxyl groups is 2. The van der Waals surface area contributed by atoms with Crippen LogP contribution in [0.15, 0.2) is 60.7 Å². The minimum atomic E-state index is -0.346. The summed E-state index contributed by atoms with van der Waals surface area (Å²) in [4.78, 5) is 29.7. The van der Waals surface area contributed by atoms with Crippen LogP contribution in [0.1, 0.15) is 45.2 Å². The van der Waals surface area contributed by atoms with Gasteiger partial charge in [0, 0.05) is 37.0 Å². The standard InChI is InChI=1S/C27H28N2O5/c1-17-4-7-19-14-20(26(32)28(2)16-18-5-10-22(34-3)11-6-18)8-13-24(19)29(17)27(33)23-12-9-21(30)15-25(23)31/h5-6,8-15,17,30-31H,4,7,16H2,1-3H3/t17-/m0/s1. The SMILES string of the molecule is COc1ccc(CN(C)C(=O)c2ccc3c(c2)CC[C@H](C)N3C(=O)c2ccc(O)cc2O)cc1. The van der Waals surface area contributed by atoms with E-state index in [1.54, 1.807) is 36.1 Å². The van der Waals surface area contributed by atoms with Crippen LogP contribution in [-0.2, 0) is 13.0 Å². The fourth-order valence-corrected chi connectivity index (χ4v) is 4.32. The van der Waals surface area contributed by atoms with E-state index in [1.165, 1.54) is 12.1 Å². The third-order valence-electron chi connectivity index (χ3n) is 6.21. The van der Waals surface area contributed by atoms with Crippen molar-refractivity contribution in [2.45, 2.75) is 32.4 Å². The van der Waals surface area contributed by atoms with Crippen LogP contribution in [0.5, 0.6) is 17.2 Å². The summed E-state index contributed by atoms with van der Waals surface area (Å²) >= 11 is 0. The predicted octanol–water partition coefficient (Wildman–Crippen LogP) is 4.36. The zero-order chi connectivity index (χ0) is 24.4. The van der Waals surface area contributed by atoms with Gasteiger partial charge in [-0.1, -0.05) is 12.1 Å². The molecule has 0 radical (unpaired) electrons. The highest BCUT2D eigenvalue weighted by atomic mass is 16.5. The number of anilines is 1. The normalized spacial score (nSPS) is 14.9. The maximum absolute atomic E-state index is 13.3. The molecule has 1 atom stereocenters. The number of phenolic OH excluding ortho intramolecular Hbond substituents is 2. The Morgan fingerprint density at radius 1 is 1.06 bits per heavy atom. The molecule has 0 saturated heterocycles. The fourth-order valence-electron chi connectivity index (χ4n) is 4.32. The first-order valence-electron chi connectivity index (χ1n) is 11.2. The van der Waals surface area contributed by atoms with Gasteiger partial charge in [0.2, 0.25) is 0 Å². The van der Waals surface area contributed by atoms with E-state index in [0.29, 0.717) is 12.1 Å². The van der Waals surface area contributed by atoms with Crippen molar-refractivity contribution in [2.75, 3.05) is 19.1 Å². The second-order valence-corrected chi connectivity index (χ2v) is 8.62. The van der Waals surface area contributed by atoms with E-state index in [4.69, 9.17) is 4.74 Å². The molecule has 7 nitrogen and oxygen atoms in total. The molecular formula is C27H28N2O5. The van der Waals surface area contributed by atoms with E-state index in [9.17, 15) is 19.8 Å². The number of fused-ring (bicyclic) bond motifs is 1. The van der Waals surface area contributed by atoms with Gasteiger partial charge in [-0.25, -0.2) is 0 Å². The first-order valence-corrected chi connectivity index (χ1v) is 11.2. The molecule has 7 heteroatoms. The summed E-state index contributed by atoms with van der Waals surface area (Å²) < 4.78 is 5.18. The molecule has 1 aliphatic rings. The van der Waals surface area contributed by atoms with Gasteiger partial charge in [0.05, 0.1) is 12.7 Å². The van der Waals surface area contributed by atoms with Crippen molar-refractivity contribution in [2.24, 2.45) is 0 Å². The number of carbonyl (C=O) groups is 2. The number of nitrogens with zero attached hydrogens (tertiary/aromatic N) is 2. The Balaban J connectivity index is 1.57. The molecule has 3 aromatic rings. The van der Waals surface area contributed by atoms with Crippen molar-refractivity contribution in [3.05, 3.63) is 82.9 Å². The van der Waals surface area contributed by atoms with Gasteiger partial charge in [-0.3, -0.25) is 9.59 Å². The van der Waals surface area contributed by atoms with Crippen molar-refractivity contribution >= 4 is 17.5 Å². The van der Waals surface area contributed by atoms with Crippen LogP contribution in [0.25, 0.3) is 0 Å². The number of benzene rings is 3. The lowest BCUT2D eigenvalue weighted by Crippen LogP contribution is -2.42. The average Bonchev–Trinajstić information content (AvgIpc) is 2.83. The third kappa shape index (κ3) is 4.55. The Morgan fingerprint density at radius 2 is 1.79 bits per heavy atom. The van der Waals surface area contributed by atoms with Crippen molar-refractivity contribution in [3.8, 4) is 17.2 Å². The van der Waals surface area contributed by atoms with Gasteiger partial charge in [-0.2, -0.15) is 0 Å². The third-order valence-corrected chi connectivity index (χ3v) is 6.21. The molecule has 2 N–H and O–H groups in total. The number of amides is 2. The molecule has 0 saturated carbocycles.